The van der Waals surface area contributed by atoms with Gasteiger partial charge in [0.1, 0.15) is 17.3 Å². The third-order valence-electron chi connectivity index (χ3n) is 1.49. The van der Waals surface area contributed by atoms with Crippen molar-refractivity contribution in [2.24, 2.45) is 5.73 Å². The Bertz CT molecular complexity index is 284. The summed E-state index contributed by atoms with van der Waals surface area (Å²) in [6.45, 7) is 0.281. The van der Waals surface area contributed by atoms with Gasteiger partial charge in [0, 0.05) is 0 Å². The van der Waals surface area contributed by atoms with Crippen molar-refractivity contribution >= 4 is 17.2 Å². The number of rotatable bonds is 4. The van der Waals surface area contributed by atoms with Crippen molar-refractivity contribution in [3.63, 3.8) is 0 Å². The number of ether oxygens (including phenoxy) is 1. The van der Waals surface area contributed by atoms with Gasteiger partial charge in [-0.15, -0.1) is 0 Å². The Hall–Kier alpha value is -1.13. The number of nitrogens with two attached hydrogens (primary N) is 1. The van der Waals surface area contributed by atoms with Gasteiger partial charge in [0.2, 0.25) is 0 Å². The molecule has 0 amide bonds. The van der Waals surface area contributed by atoms with Gasteiger partial charge in [-0.25, -0.2) is 0 Å². The average Bonchev–Trinajstić information content (AvgIpc) is 2.15. The second-order valence-corrected chi connectivity index (χ2v) is 3.08. The first-order valence-electron chi connectivity index (χ1n) is 3.83. The smallest absolute Gasteiger partial charge is 0.138 e. The summed E-state index contributed by atoms with van der Waals surface area (Å²) in [5, 5.41) is 8.77. The molecule has 0 fully saturated rings. The third kappa shape index (κ3) is 3.40. The lowest BCUT2D eigenvalue weighted by Crippen LogP contribution is -2.17. The summed E-state index contributed by atoms with van der Waals surface area (Å²) >= 11 is 4.66. The maximum absolute atomic E-state index is 8.77. The van der Waals surface area contributed by atoms with E-state index in [4.69, 9.17) is 15.6 Å². The fraction of sp³-hybridized carbons (Fsp3) is 0.222. The summed E-state index contributed by atoms with van der Waals surface area (Å²) in [4.78, 5) is 0.325. The van der Waals surface area contributed by atoms with Crippen LogP contribution in [-0.2, 0) is 6.61 Å². The molecule has 13 heavy (non-hydrogen) atoms. The number of hydrogen-bond donors (Lipinski definition) is 2. The van der Waals surface area contributed by atoms with Gasteiger partial charge >= 0.3 is 0 Å². The molecule has 1 rings (SSSR count). The van der Waals surface area contributed by atoms with Crippen molar-refractivity contribution in [3.05, 3.63) is 29.8 Å². The standard InChI is InChI=1S/C9H11NO2S/c10-9(13)6-12-8-3-1-7(5-11)2-4-8/h1-4,11H,5-6H2,(H2,10,13). The Labute approximate surface area is 82.1 Å². The summed E-state index contributed by atoms with van der Waals surface area (Å²) < 4.78 is 5.22. The van der Waals surface area contributed by atoms with E-state index in [0.717, 1.165) is 5.56 Å². The number of thiocarbonyl (C=S) groups is 1. The quantitative estimate of drug-likeness (QED) is 0.702. The molecule has 0 aliphatic heterocycles. The Morgan fingerprint density at radius 2 is 2.00 bits per heavy atom. The lowest BCUT2D eigenvalue weighted by atomic mass is 10.2. The fourth-order valence-corrected chi connectivity index (χ4v) is 0.904. The van der Waals surface area contributed by atoms with Crippen LogP contribution >= 0.6 is 12.2 Å². The van der Waals surface area contributed by atoms with Crippen molar-refractivity contribution in [2.75, 3.05) is 6.61 Å². The highest BCUT2D eigenvalue weighted by Gasteiger charge is 1.94. The van der Waals surface area contributed by atoms with Crippen molar-refractivity contribution < 1.29 is 9.84 Å². The minimum atomic E-state index is 0.0373. The molecule has 4 heteroatoms. The molecule has 0 spiro atoms. The van der Waals surface area contributed by atoms with Crippen molar-refractivity contribution in [3.8, 4) is 5.75 Å². The molecular formula is C9H11NO2S. The minimum absolute atomic E-state index is 0.0373. The van der Waals surface area contributed by atoms with Crippen LogP contribution in [0.3, 0.4) is 0 Å². The highest BCUT2D eigenvalue weighted by Crippen LogP contribution is 2.11. The Morgan fingerprint density at radius 1 is 1.38 bits per heavy atom. The van der Waals surface area contributed by atoms with Gasteiger partial charge in [-0.1, -0.05) is 24.4 Å². The molecule has 1 aromatic carbocycles. The van der Waals surface area contributed by atoms with Crippen LogP contribution in [0.15, 0.2) is 24.3 Å². The lowest BCUT2D eigenvalue weighted by Gasteiger charge is -2.04. The van der Waals surface area contributed by atoms with Crippen LogP contribution in [0.25, 0.3) is 0 Å². The first kappa shape index (κ1) is 9.95. The zero-order valence-electron chi connectivity index (χ0n) is 7.06. The van der Waals surface area contributed by atoms with Crippen LogP contribution in [0, 0.1) is 0 Å². The summed E-state index contributed by atoms with van der Waals surface area (Å²) in [6, 6.07) is 7.11. The van der Waals surface area contributed by atoms with E-state index in [1.807, 2.05) is 0 Å². The van der Waals surface area contributed by atoms with E-state index in [-0.39, 0.29) is 13.2 Å². The van der Waals surface area contributed by atoms with E-state index in [9.17, 15) is 0 Å². The van der Waals surface area contributed by atoms with Crippen LogP contribution in [0.5, 0.6) is 5.75 Å². The van der Waals surface area contributed by atoms with Gasteiger partial charge in [0.05, 0.1) is 6.61 Å². The predicted octanol–water partition coefficient (Wildman–Crippen LogP) is 0.844. The molecule has 0 bridgehead atoms. The summed E-state index contributed by atoms with van der Waals surface area (Å²) in [7, 11) is 0. The number of benzene rings is 1. The fourth-order valence-electron chi connectivity index (χ4n) is 0.846. The molecule has 0 aromatic heterocycles. The van der Waals surface area contributed by atoms with E-state index in [2.05, 4.69) is 12.2 Å². The molecule has 0 aliphatic carbocycles. The number of hydrogen-bond acceptors (Lipinski definition) is 3. The van der Waals surface area contributed by atoms with Gasteiger partial charge in [-0.05, 0) is 17.7 Å². The van der Waals surface area contributed by atoms with Gasteiger partial charge in [-0.2, -0.15) is 0 Å². The lowest BCUT2D eigenvalue weighted by molar-refractivity contribution is 0.281. The first-order valence-corrected chi connectivity index (χ1v) is 4.24. The predicted molar refractivity (Wildman–Crippen MR) is 54.6 cm³/mol. The molecule has 0 saturated heterocycles. The third-order valence-corrected chi connectivity index (χ3v) is 1.60. The van der Waals surface area contributed by atoms with Crippen LogP contribution in [0.4, 0.5) is 0 Å². The molecular weight excluding hydrogens is 186 g/mol. The largest absolute Gasteiger partial charge is 0.487 e. The zero-order chi connectivity index (χ0) is 9.68. The van der Waals surface area contributed by atoms with Gasteiger partial charge in [0.15, 0.2) is 0 Å². The maximum atomic E-state index is 8.77. The van der Waals surface area contributed by atoms with Crippen LogP contribution in [-0.4, -0.2) is 16.7 Å². The molecule has 1 aromatic rings. The molecule has 3 N–H and O–H groups in total. The molecule has 3 nitrogen and oxygen atoms in total. The number of aliphatic hydroxyl groups is 1. The summed E-state index contributed by atoms with van der Waals surface area (Å²) in [5.74, 6) is 0.699. The Kier molecular flexibility index (Phi) is 3.67. The van der Waals surface area contributed by atoms with E-state index < -0.39 is 0 Å². The summed E-state index contributed by atoms with van der Waals surface area (Å²) in [5.41, 5.74) is 6.11. The number of aliphatic hydroxyl groups excluding tert-OH is 1. The van der Waals surface area contributed by atoms with Gasteiger partial charge in [0.25, 0.3) is 0 Å². The monoisotopic (exact) mass is 197 g/mol. The molecule has 70 valence electrons. The van der Waals surface area contributed by atoms with Crippen LogP contribution < -0.4 is 10.5 Å². The Balaban J connectivity index is 2.54. The summed E-state index contributed by atoms with van der Waals surface area (Å²) in [6.07, 6.45) is 0. The van der Waals surface area contributed by atoms with E-state index in [1.54, 1.807) is 24.3 Å². The van der Waals surface area contributed by atoms with E-state index in [0.29, 0.717) is 10.7 Å². The Morgan fingerprint density at radius 3 is 2.46 bits per heavy atom. The zero-order valence-corrected chi connectivity index (χ0v) is 7.88. The van der Waals surface area contributed by atoms with Crippen LogP contribution in [0.2, 0.25) is 0 Å². The molecule has 0 unspecified atom stereocenters. The van der Waals surface area contributed by atoms with Crippen molar-refractivity contribution in [1.29, 1.82) is 0 Å². The normalized spacial score (nSPS) is 9.62. The molecule has 0 heterocycles. The molecule has 0 aliphatic rings. The van der Waals surface area contributed by atoms with Crippen molar-refractivity contribution in [1.82, 2.24) is 0 Å². The second kappa shape index (κ2) is 4.79. The highest BCUT2D eigenvalue weighted by atomic mass is 32.1. The highest BCUT2D eigenvalue weighted by molar-refractivity contribution is 7.80. The minimum Gasteiger partial charge on any atom is -0.487 e. The maximum Gasteiger partial charge on any atom is 0.138 e. The van der Waals surface area contributed by atoms with Crippen LogP contribution in [0.1, 0.15) is 5.56 Å². The first-order chi connectivity index (χ1) is 6.22. The molecule has 0 saturated carbocycles. The van der Waals surface area contributed by atoms with E-state index in [1.165, 1.54) is 0 Å². The molecule has 0 atom stereocenters. The van der Waals surface area contributed by atoms with Gasteiger partial charge < -0.3 is 15.6 Å². The topological polar surface area (TPSA) is 55.5 Å². The van der Waals surface area contributed by atoms with Gasteiger partial charge in [-0.3, -0.25) is 0 Å². The van der Waals surface area contributed by atoms with Crippen molar-refractivity contribution in [2.45, 2.75) is 6.61 Å². The second-order valence-electron chi connectivity index (χ2n) is 2.56. The average molecular weight is 197 g/mol. The van der Waals surface area contributed by atoms with E-state index >= 15 is 0 Å². The SMILES string of the molecule is NC(=S)COc1ccc(CO)cc1. The molecule has 0 radical (unpaired) electrons.